The number of hydrogen-bond acceptors (Lipinski definition) is 0. The summed E-state index contributed by atoms with van der Waals surface area (Å²) < 4.78 is 0. The first-order valence-corrected chi connectivity index (χ1v) is 8.23. The Hall–Kier alpha value is -2.12. The van der Waals surface area contributed by atoms with E-state index in [0.717, 1.165) is 0 Å². The van der Waals surface area contributed by atoms with Crippen molar-refractivity contribution < 1.29 is 31.0 Å². The van der Waals surface area contributed by atoms with Crippen molar-refractivity contribution in [3.63, 3.8) is 0 Å². The fraction of sp³-hybridized carbons (Fsp3) is 0. The minimum absolute atomic E-state index is 0. The van der Waals surface area contributed by atoms with E-state index < -0.39 is 0 Å². The molecule has 0 heterocycles. The maximum atomic E-state index is 2.21. The minimum atomic E-state index is 0. The summed E-state index contributed by atoms with van der Waals surface area (Å²) >= 11 is 0. The SMILES string of the molecule is [H-].[Na+].c1ccc(-c2cccc(-c3ccccc3)c2-c2ccccc2)cc1. The van der Waals surface area contributed by atoms with Crippen LogP contribution in [0.25, 0.3) is 33.4 Å². The Labute approximate surface area is 173 Å². The second-order valence-electron chi connectivity index (χ2n) is 5.83. The molecule has 0 nitrogen and oxygen atoms in total. The summed E-state index contributed by atoms with van der Waals surface area (Å²) in [5.74, 6) is 0. The van der Waals surface area contributed by atoms with Gasteiger partial charge in [-0.25, -0.2) is 0 Å². The Bertz CT molecular complexity index is 878. The summed E-state index contributed by atoms with van der Waals surface area (Å²) in [7, 11) is 0. The molecule has 0 N–H and O–H groups in total. The van der Waals surface area contributed by atoms with Gasteiger partial charge in [0, 0.05) is 0 Å². The first-order valence-electron chi connectivity index (χ1n) is 8.23. The molecule has 0 aliphatic heterocycles. The summed E-state index contributed by atoms with van der Waals surface area (Å²) in [6, 6.07) is 38.4. The van der Waals surface area contributed by atoms with Crippen molar-refractivity contribution in [1.29, 1.82) is 0 Å². The van der Waals surface area contributed by atoms with E-state index >= 15 is 0 Å². The van der Waals surface area contributed by atoms with Gasteiger partial charge in [0.1, 0.15) is 0 Å². The molecule has 0 atom stereocenters. The van der Waals surface area contributed by atoms with Crippen LogP contribution >= 0.6 is 0 Å². The number of benzene rings is 4. The number of hydrogen-bond donors (Lipinski definition) is 0. The van der Waals surface area contributed by atoms with E-state index in [1.54, 1.807) is 0 Å². The van der Waals surface area contributed by atoms with Crippen LogP contribution in [0.15, 0.2) is 109 Å². The van der Waals surface area contributed by atoms with Crippen LogP contribution < -0.4 is 29.6 Å². The third-order valence-corrected chi connectivity index (χ3v) is 4.30. The molecular formula is C24H19Na. The van der Waals surface area contributed by atoms with Gasteiger partial charge in [-0.05, 0) is 33.4 Å². The van der Waals surface area contributed by atoms with E-state index in [-0.39, 0.29) is 31.0 Å². The van der Waals surface area contributed by atoms with Gasteiger partial charge < -0.3 is 1.43 Å². The summed E-state index contributed by atoms with van der Waals surface area (Å²) in [4.78, 5) is 0. The average Bonchev–Trinajstić information content (AvgIpc) is 2.69. The fourth-order valence-electron chi connectivity index (χ4n) is 3.18. The van der Waals surface area contributed by atoms with Crippen molar-refractivity contribution in [2.45, 2.75) is 0 Å². The molecular weight excluding hydrogens is 311 g/mol. The van der Waals surface area contributed by atoms with Gasteiger partial charge in [0.25, 0.3) is 0 Å². The molecule has 0 unspecified atom stereocenters. The van der Waals surface area contributed by atoms with Crippen molar-refractivity contribution in [3.8, 4) is 33.4 Å². The van der Waals surface area contributed by atoms with Crippen LogP contribution in [-0.2, 0) is 0 Å². The molecule has 0 spiro atoms. The largest absolute Gasteiger partial charge is 1.00 e. The van der Waals surface area contributed by atoms with Crippen LogP contribution in [0.5, 0.6) is 0 Å². The third kappa shape index (κ3) is 3.77. The Balaban J connectivity index is 0.00000121. The zero-order valence-electron chi connectivity index (χ0n) is 15.4. The molecule has 0 saturated heterocycles. The topological polar surface area (TPSA) is 0 Å². The van der Waals surface area contributed by atoms with Crippen LogP contribution in [0.4, 0.5) is 0 Å². The molecule has 4 aromatic carbocycles. The normalized spacial score (nSPS) is 10.1. The maximum absolute atomic E-state index is 2.21. The molecule has 0 radical (unpaired) electrons. The first kappa shape index (κ1) is 17.7. The zero-order valence-corrected chi connectivity index (χ0v) is 16.4. The molecule has 0 amide bonds. The zero-order chi connectivity index (χ0) is 16.2. The van der Waals surface area contributed by atoms with Crippen molar-refractivity contribution in [2.75, 3.05) is 0 Å². The molecule has 4 aromatic rings. The van der Waals surface area contributed by atoms with Crippen LogP contribution in [-0.4, -0.2) is 0 Å². The second kappa shape index (κ2) is 8.31. The summed E-state index contributed by atoms with van der Waals surface area (Å²) in [6.07, 6.45) is 0. The standard InChI is InChI=1S/C24H18.Na.H/c1-4-11-19(12-5-1)22-17-10-18-23(20-13-6-2-7-14-20)24(22)21-15-8-3-9-16-21;;/h1-18H;;/q;+1;-1. The molecule has 25 heavy (non-hydrogen) atoms. The summed E-state index contributed by atoms with van der Waals surface area (Å²) in [6.45, 7) is 0. The Kier molecular flexibility index (Phi) is 5.88. The van der Waals surface area contributed by atoms with Gasteiger partial charge in [0.15, 0.2) is 0 Å². The van der Waals surface area contributed by atoms with Crippen molar-refractivity contribution in [3.05, 3.63) is 109 Å². The summed E-state index contributed by atoms with van der Waals surface area (Å²) in [5, 5.41) is 0. The summed E-state index contributed by atoms with van der Waals surface area (Å²) in [5.41, 5.74) is 7.56. The first-order chi connectivity index (χ1) is 11.9. The van der Waals surface area contributed by atoms with Gasteiger partial charge in [-0.15, -0.1) is 0 Å². The van der Waals surface area contributed by atoms with Gasteiger partial charge in [0.2, 0.25) is 0 Å². The molecule has 0 aromatic heterocycles. The molecule has 0 aliphatic carbocycles. The van der Waals surface area contributed by atoms with E-state index in [1.165, 1.54) is 33.4 Å². The van der Waals surface area contributed by atoms with E-state index in [4.69, 9.17) is 0 Å². The Morgan fingerprint density at radius 2 is 0.720 bits per heavy atom. The molecule has 116 valence electrons. The van der Waals surface area contributed by atoms with Crippen molar-refractivity contribution in [1.82, 2.24) is 0 Å². The van der Waals surface area contributed by atoms with Crippen LogP contribution in [0.3, 0.4) is 0 Å². The van der Waals surface area contributed by atoms with Crippen molar-refractivity contribution >= 4 is 0 Å². The van der Waals surface area contributed by atoms with E-state index in [0.29, 0.717) is 0 Å². The van der Waals surface area contributed by atoms with Crippen molar-refractivity contribution in [2.24, 2.45) is 0 Å². The third-order valence-electron chi connectivity index (χ3n) is 4.30. The Morgan fingerprint density at radius 1 is 0.360 bits per heavy atom. The molecule has 4 rings (SSSR count). The van der Waals surface area contributed by atoms with Gasteiger partial charge in [-0.3, -0.25) is 0 Å². The van der Waals surface area contributed by atoms with Gasteiger partial charge in [0.05, 0.1) is 0 Å². The molecule has 1 heteroatoms. The minimum Gasteiger partial charge on any atom is -1.00 e. The van der Waals surface area contributed by atoms with Crippen LogP contribution in [0.2, 0.25) is 0 Å². The van der Waals surface area contributed by atoms with E-state index in [1.807, 2.05) is 0 Å². The smallest absolute Gasteiger partial charge is 1.00 e. The predicted octanol–water partition coefficient (Wildman–Crippen LogP) is 3.80. The van der Waals surface area contributed by atoms with Crippen LogP contribution in [0, 0.1) is 0 Å². The monoisotopic (exact) mass is 330 g/mol. The Morgan fingerprint density at radius 3 is 1.12 bits per heavy atom. The predicted molar refractivity (Wildman–Crippen MR) is 104 cm³/mol. The molecule has 0 saturated carbocycles. The average molecular weight is 330 g/mol. The van der Waals surface area contributed by atoms with Gasteiger partial charge in [-0.1, -0.05) is 109 Å². The van der Waals surface area contributed by atoms with E-state index in [2.05, 4.69) is 109 Å². The molecule has 0 fully saturated rings. The molecule has 0 bridgehead atoms. The van der Waals surface area contributed by atoms with E-state index in [9.17, 15) is 0 Å². The quantitative estimate of drug-likeness (QED) is 0.501. The van der Waals surface area contributed by atoms with Gasteiger partial charge in [-0.2, -0.15) is 0 Å². The van der Waals surface area contributed by atoms with Gasteiger partial charge >= 0.3 is 29.6 Å². The fourth-order valence-corrected chi connectivity index (χ4v) is 3.18. The number of rotatable bonds is 3. The van der Waals surface area contributed by atoms with Crippen LogP contribution in [0.1, 0.15) is 1.43 Å². The second-order valence-corrected chi connectivity index (χ2v) is 5.83. The maximum Gasteiger partial charge on any atom is 1.00 e. The molecule has 0 aliphatic rings.